The number of amides is 1. The summed E-state index contributed by atoms with van der Waals surface area (Å²) in [6.07, 6.45) is 1.01. The summed E-state index contributed by atoms with van der Waals surface area (Å²) in [6, 6.07) is 0. The van der Waals surface area contributed by atoms with Crippen LogP contribution in [0.2, 0.25) is 0 Å². The highest BCUT2D eigenvalue weighted by Crippen LogP contribution is 2.31. The largest absolute Gasteiger partial charge is 0.374 e. The van der Waals surface area contributed by atoms with Gasteiger partial charge in [0.2, 0.25) is 5.91 Å². The number of ether oxygens (including phenoxy) is 2. The zero-order valence-electron chi connectivity index (χ0n) is 10.7. The maximum absolute atomic E-state index is 11.7. The molecular formula is C12H23NO3. The highest BCUT2D eigenvalue weighted by molar-refractivity contribution is 5.77. The number of hydrogen-bond donors (Lipinski definition) is 1. The first kappa shape index (κ1) is 13.5. The first-order valence-corrected chi connectivity index (χ1v) is 6.01. The predicted octanol–water partition coefficient (Wildman–Crippen LogP) is 1.69. The maximum Gasteiger partial charge on any atom is 0.222 e. The van der Waals surface area contributed by atoms with Gasteiger partial charge in [0.15, 0.2) is 6.23 Å². The summed E-state index contributed by atoms with van der Waals surface area (Å²) in [5.74, 6) is 0.0469. The van der Waals surface area contributed by atoms with Gasteiger partial charge >= 0.3 is 0 Å². The Morgan fingerprint density at radius 3 is 2.50 bits per heavy atom. The molecule has 0 aromatic heterocycles. The Kier molecular flexibility index (Phi) is 4.74. The van der Waals surface area contributed by atoms with Crippen molar-refractivity contribution in [2.24, 2.45) is 5.41 Å². The summed E-state index contributed by atoms with van der Waals surface area (Å²) >= 11 is 0. The number of nitrogens with one attached hydrogen (secondary N) is 1. The average molecular weight is 229 g/mol. The molecule has 1 aliphatic rings. The van der Waals surface area contributed by atoms with Gasteiger partial charge in [-0.15, -0.1) is 0 Å². The molecule has 0 aromatic rings. The molecular weight excluding hydrogens is 206 g/mol. The van der Waals surface area contributed by atoms with Crippen LogP contribution in [0.3, 0.4) is 0 Å². The number of rotatable bonds is 4. The topological polar surface area (TPSA) is 47.6 Å². The highest BCUT2D eigenvalue weighted by atomic mass is 16.5. The van der Waals surface area contributed by atoms with Crippen molar-refractivity contribution in [3.05, 3.63) is 0 Å². The summed E-state index contributed by atoms with van der Waals surface area (Å²) in [5.41, 5.74) is -0.0320. The lowest BCUT2D eigenvalue weighted by Crippen LogP contribution is -2.44. The summed E-state index contributed by atoms with van der Waals surface area (Å²) < 4.78 is 11.2. The fraction of sp³-hybridized carbons (Fsp3) is 0.917. The molecule has 0 radical (unpaired) electrons. The van der Waals surface area contributed by atoms with Gasteiger partial charge in [-0.3, -0.25) is 4.79 Å². The highest BCUT2D eigenvalue weighted by Gasteiger charge is 2.36. The van der Waals surface area contributed by atoms with Crippen LogP contribution in [0.4, 0.5) is 0 Å². The minimum absolute atomic E-state index is 0.0320. The van der Waals surface area contributed by atoms with Gasteiger partial charge in [0.05, 0.1) is 0 Å². The van der Waals surface area contributed by atoms with E-state index in [2.05, 4.69) is 19.2 Å². The number of carbonyl (C=O) groups excluding carboxylic acids is 1. The van der Waals surface area contributed by atoms with Gasteiger partial charge in [-0.05, 0) is 25.7 Å². The third-order valence-corrected chi connectivity index (χ3v) is 2.76. The third kappa shape index (κ3) is 3.76. The van der Waals surface area contributed by atoms with Crippen molar-refractivity contribution < 1.29 is 14.3 Å². The predicted molar refractivity (Wildman–Crippen MR) is 62.0 cm³/mol. The Bertz CT molecular complexity index is 240. The standard InChI is InChI=1S/C12H23NO3/c1-5-15-9-7-12(3,4)8-10(14)13-11(9)16-6-2/h9,11H,5-8H2,1-4H3,(H,13,14). The smallest absolute Gasteiger partial charge is 0.222 e. The van der Waals surface area contributed by atoms with Crippen molar-refractivity contribution in [2.45, 2.75) is 52.9 Å². The van der Waals surface area contributed by atoms with Crippen LogP contribution in [-0.4, -0.2) is 31.5 Å². The SMILES string of the molecule is CCOC1CC(C)(C)CC(=O)NC1OCC. The van der Waals surface area contributed by atoms with E-state index in [1.807, 2.05) is 13.8 Å². The van der Waals surface area contributed by atoms with E-state index in [1.165, 1.54) is 0 Å². The van der Waals surface area contributed by atoms with Crippen LogP contribution in [0.25, 0.3) is 0 Å². The molecule has 2 atom stereocenters. The van der Waals surface area contributed by atoms with E-state index >= 15 is 0 Å². The monoisotopic (exact) mass is 229 g/mol. The molecule has 1 fully saturated rings. The molecule has 4 nitrogen and oxygen atoms in total. The molecule has 2 unspecified atom stereocenters. The van der Waals surface area contributed by atoms with Gasteiger partial charge in [0, 0.05) is 19.6 Å². The summed E-state index contributed by atoms with van der Waals surface area (Å²) in [5, 5.41) is 2.88. The molecule has 1 rings (SSSR count). The van der Waals surface area contributed by atoms with E-state index in [9.17, 15) is 4.79 Å². The second-order valence-corrected chi connectivity index (χ2v) is 4.98. The molecule has 4 heteroatoms. The van der Waals surface area contributed by atoms with Gasteiger partial charge in [0.1, 0.15) is 6.10 Å². The zero-order chi connectivity index (χ0) is 12.2. The molecule has 1 aliphatic heterocycles. The quantitative estimate of drug-likeness (QED) is 0.798. The lowest BCUT2D eigenvalue weighted by Gasteiger charge is -2.28. The number of carbonyl (C=O) groups is 1. The Hall–Kier alpha value is -0.610. The fourth-order valence-electron chi connectivity index (χ4n) is 2.15. The van der Waals surface area contributed by atoms with E-state index in [-0.39, 0.29) is 23.7 Å². The summed E-state index contributed by atoms with van der Waals surface area (Å²) in [6.45, 7) is 9.28. The van der Waals surface area contributed by atoms with Crippen molar-refractivity contribution in [3.63, 3.8) is 0 Å². The van der Waals surface area contributed by atoms with E-state index in [4.69, 9.17) is 9.47 Å². The molecule has 0 aliphatic carbocycles. The molecule has 0 saturated carbocycles. The van der Waals surface area contributed by atoms with Gasteiger partial charge in [0.25, 0.3) is 0 Å². The molecule has 1 heterocycles. The lowest BCUT2D eigenvalue weighted by atomic mass is 9.84. The molecule has 0 aromatic carbocycles. The number of hydrogen-bond acceptors (Lipinski definition) is 3. The van der Waals surface area contributed by atoms with Crippen LogP contribution in [0.15, 0.2) is 0 Å². The lowest BCUT2D eigenvalue weighted by molar-refractivity contribution is -0.129. The zero-order valence-corrected chi connectivity index (χ0v) is 10.7. The Labute approximate surface area is 97.7 Å². The molecule has 0 spiro atoms. The molecule has 1 saturated heterocycles. The first-order valence-electron chi connectivity index (χ1n) is 6.01. The normalized spacial score (nSPS) is 29.6. The van der Waals surface area contributed by atoms with Crippen LogP contribution in [0.5, 0.6) is 0 Å². The second-order valence-electron chi connectivity index (χ2n) is 4.98. The Morgan fingerprint density at radius 2 is 1.94 bits per heavy atom. The van der Waals surface area contributed by atoms with Crippen molar-refractivity contribution in [1.82, 2.24) is 5.32 Å². The van der Waals surface area contributed by atoms with Crippen molar-refractivity contribution in [3.8, 4) is 0 Å². The van der Waals surface area contributed by atoms with Gasteiger partial charge in [-0.2, -0.15) is 0 Å². The van der Waals surface area contributed by atoms with Crippen LogP contribution in [0, 0.1) is 5.41 Å². The fourth-order valence-corrected chi connectivity index (χ4v) is 2.15. The minimum atomic E-state index is -0.306. The molecule has 16 heavy (non-hydrogen) atoms. The van der Waals surface area contributed by atoms with E-state index in [0.29, 0.717) is 19.6 Å². The maximum atomic E-state index is 11.7. The molecule has 0 bridgehead atoms. The van der Waals surface area contributed by atoms with Crippen molar-refractivity contribution in [1.29, 1.82) is 0 Å². The average Bonchev–Trinajstić information content (AvgIpc) is 2.24. The van der Waals surface area contributed by atoms with Crippen LogP contribution in [-0.2, 0) is 14.3 Å². The summed E-state index contributed by atoms with van der Waals surface area (Å²) in [7, 11) is 0. The minimum Gasteiger partial charge on any atom is -0.374 e. The van der Waals surface area contributed by atoms with Crippen LogP contribution >= 0.6 is 0 Å². The first-order chi connectivity index (χ1) is 7.48. The van der Waals surface area contributed by atoms with Crippen LogP contribution in [0.1, 0.15) is 40.5 Å². The van der Waals surface area contributed by atoms with E-state index < -0.39 is 0 Å². The second kappa shape index (κ2) is 5.64. The van der Waals surface area contributed by atoms with Crippen molar-refractivity contribution in [2.75, 3.05) is 13.2 Å². The summed E-state index contributed by atoms with van der Waals surface area (Å²) in [4.78, 5) is 11.7. The molecule has 1 N–H and O–H groups in total. The van der Waals surface area contributed by atoms with Gasteiger partial charge in [-0.25, -0.2) is 0 Å². The van der Waals surface area contributed by atoms with E-state index in [0.717, 1.165) is 6.42 Å². The Balaban J connectivity index is 2.76. The van der Waals surface area contributed by atoms with Gasteiger partial charge < -0.3 is 14.8 Å². The molecule has 94 valence electrons. The third-order valence-electron chi connectivity index (χ3n) is 2.76. The van der Waals surface area contributed by atoms with Crippen LogP contribution < -0.4 is 5.32 Å². The Morgan fingerprint density at radius 1 is 1.31 bits per heavy atom. The van der Waals surface area contributed by atoms with E-state index in [1.54, 1.807) is 0 Å². The van der Waals surface area contributed by atoms with Crippen molar-refractivity contribution >= 4 is 5.91 Å². The molecule has 1 amide bonds. The van der Waals surface area contributed by atoms with Gasteiger partial charge in [-0.1, -0.05) is 13.8 Å².